The Morgan fingerprint density at radius 2 is 1.75 bits per heavy atom. The van der Waals surface area contributed by atoms with Gasteiger partial charge >= 0.3 is 0 Å². The molecule has 0 atom stereocenters. The third kappa shape index (κ3) is 4.26. The highest BCUT2D eigenvalue weighted by Gasteiger charge is 2.22. The molecule has 2 aromatic carbocycles. The van der Waals surface area contributed by atoms with Crippen molar-refractivity contribution >= 4 is 16.9 Å². The van der Waals surface area contributed by atoms with Gasteiger partial charge < -0.3 is 19.4 Å². The Hall–Kier alpha value is -3.06. The third-order valence-electron chi connectivity index (χ3n) is 4.96. The fourth-order valence-corrected chi connectivity index (χ4v) is 3.36. The molecule has 1 aliphatic heterocycles. The lowest BCUT2D eigenvalue weighted by molar-refractivity contribution is -0.135. The minimum atomic E-state index is 0.0132. The third-order valence-corrected chi connectivity index (χ3v) is 4.96. The van der Waals surface area contributed by atoms with Crippen LogP contribution in [0.2, 0.25) is 0 Å². The van der Waals surface area contributed by atoms with Crippen LogP contribution in [0.25, 0.3) is 11.0 Å². The fraction of sp³-hybridized carbons (Fsp3) is 0.333. The van der Waals surface area contributed by atoms with Gasteiger partial charge in [0.15, 0.2) is 6.61 Å². The van der Waals surface area contributed by atoms with E-state index in [2.05, 4.69) is 14.9 Å². The molecular weight excluding hydrogens is 356 g/mol. The number of piperazine rings is 1. The van der Waals surface area contributed by atoms with E-state index in [0.29, 0.717) is 18.8 Å². The number of H-pyrrole nitrogens is 1. The van der Waals surface area contributed by atoms with Gasteiger partial charge in [-0.05, 0) is 36.4 Å². The van der Waals surface area contributed by atoms with E-state index in [1.165, 1.54) is 0 Å². The molecule has 1 aliphatic rings. The summed E-state index contributed by atoms with van der Waals surface area (Å²) in [5.41, 5.74) is 2.05. The Labute approximate surface area is 163 Å². The zero-order chi connectivity index (χ0) is 19.3. The zero-order valence-corrected chi connectivity index (χ0v) is 15.9. The summed E-state index contributed by atoms with van der Waals surface area (Å²) in [5, 5.41) is 0. The lowest BCUT2D eigenvalue weighted by Gasteiger charge is -2.34. The molecule has 3 aromatic rings. The van der Waals surface area contributed by atoms with Crippen molar-refractivity contribution in [2.24, 2.45) is 0 Å². The summed E-state index contributed by atoms with van der Waals surface area (Å²) in [7, 11) is 1.62. The van der Waals surface area contributed by atoms with Crippen LogP contribution >= 0.6 is 0 Å². The van der Waals surface area contributed by atoms with Crippen LogP contribution in [0, 0.1) is 0 Å². The van der Waals surface area contributed by atoms with Crippen molar-refractivity contribution in [1.29, 1.82) is 0 Å². The van der Waals surface area contributed by atoms with E-state index in [4.69, 9.17) is 9.47 Å². The van der Waals surface area contributed by atoms with E-state index >= 15 is 0 Å². The summed E-state index contributed by atoms with van der Waals surface area (Å²) < 4.78 is 10.7. The molecule has 1 aromatic heterocycles. The molecular formula is C21H24N4O3. The van der Waals surface area contributed by atoms with Crippen molar-refractivity contribution in [3.05, 3.63) is 54.4 Å². The first-order chi connectivity index (χ1) is 13.7. The molecule has 1 amide bonds. The number of fused-ring (bicyclic) bond motifs is 1. The quantitative estimate of drug-likeness (QED) is 0.711. The molecule has 0 spiro atoms. The minimum Gasteiger partial charge on any atom is -0.497 e. The van der Waals surface area contributed by atoms with Crippen LogP contribution < -0.4 is 9.47 Å². The molecule has 2 heterocycles. The molecule has 0 bridgehead atoms. The number of carbonyl (C=O) groups excluding carboxylic acids is 1. The predicted octanol–water partition coefficient (Wildman–Crippen LogP) is 2.29. The molecule has 28 heavy (non-hydrogen) atoms. The van der Waals surface area contributed by atoms with Gasteiger partial charge in [-0.2, -0.15) is 0 Å². The van der Waals surface area contributed by atoms with Gasteiger partial charge in [-0.3, -0.25) is 9.69 Å². The van der Waals surface area contributed by atoms with Gasteiger partial charge in [0.25, 0.3) is 5.91 Å². The first-order valence-electron chi connectivity index (χ1n) is 9.42. The first kappa shape index (κ1) is 18.3. The van der Waals surface area contributed by atoms with Crippen molar-refractivity contribution in [2.75, 3.05) is 39.9 Å². The second-order valence-electron chi connectivity index (χ2n) is 6.82. The summed E-state index contributed by atoms with van der Waals surface area (Å²) in [6, 6.07) is 15.3. The lowest BCUT2D eigenvalue weighted by Crippen LogP contribution is -2.49. The number of amides is 1. The van der Waals surface area contributed by atoms with Crippen LogP contribution in [-0.4, -0.2) is 65.6 Å². The number of nitrogens with zero attached hydrogens (tertiary/aromatic N) is 3. The number of hydrogen-bond donors (Lipinski definition) is 1. The average Bonchev–Trinajstić information content (AvgIpc) is 3.15. The summed E-state index contributed by atoms with van der Waals surface area (Å²) in [6.07, 6.45) is 0. The van der Waals surface area contributed by atoms with E-state index in [1.807, 2.05) is 41.3 Å². The van der Waals surface area contributed by atoms with Crippen LogP contribution in [0.4, 0.5) is 0 Å². The molecule has 4 rings (SSSR count). The van der Waals surface area contributed by atoms with Crippen LogP contribution in [0.3, 0.4) is 0 Å². The van der Waals surface area contributed by atoms with Crippen molar-refractivity contribution in [3.8, 4) is 11.5 Å². The number of ether oxygens (including phenoxy) is 2. The number of rotatable bonds is 6. The minimum absolute atomic E-state index is 0.0132. The molecule has 1 saturated heterocycles. The molecule has 1 fully saturated rings. The molecule has 0 saturated carbocycles. The summed E-state index contributed by atoms with van der Waals surface area (Å²) in [5.74, 6) is 2.40. The SMILES string of the molecule is COc1ccc(OCC(=O)N2CCN(Cc3nc4ccccc4[nH]3)CC2)cc1. The highest BCUT2D eigenvalue weighted by molar-refractivity contribution is 5.78. The number of carbonyl (C=O) groups is 1. The molecule has 0 aliphatic carbocycles. The normalized spacial score (nSPS) is 15.0. The van der Waals surface area contributed by atoms with Crippen molar-refractivity contribution in [3.63, 3.8) is 0 Å². The number of para-hydroxylation sites is 2. The summed E-state index contributed by atoms with van der Waals surface area (Å²) in [4.78, 5) is 24.6. The van der Waals surface area contributed by atoms with Gasteiger partial charge in [0.05, 0.1) is 24.7 Å². The molecule has 7 heteroatoms. The van der Waals surface area contributed by atoms with Crippen LogP contribution in [-0.2, 0) is 11.3 Å². The van der Waals surface area contributed by atoms with Crippen LogP contribution in [0.1, 0.15) is 5.82 Å². The summed E-state index contributed by atoms with van der Waals surface area (Å²) >= 11 is 0. The number of imidazole rings is 1. The van der Waals surface area contributed by atoms with Gasteiger partial charge in [-0.1, -0.05) is 12.1 Å². The van der Waals surface area contributed by atoms with Gasteiger partial charge in [0, 0.05) is 26.2 Å². The zero-order valence-electron chi connectivity index (χ0n) is 15.9. The van der Waals surface area contributed by atoms with Crippen molar-refractivity contribution in [2.45, 2.75) is 6.54 Å². The maximum Gasteiger partial charge on any atom is 0.260 e. The van der Waals surface area contributed by atoms with Gasteiger partial charge in [-0.25, -0.2) is 4.98 Å². The maximum atomic E-state index is 12.4. The van der Waals surface area contributed by atoms with Gasteiger partial charge in [-0.15, -0.1) is 0 Å². The van der Waals surface area contributed by atoms with Crippen molar-refractivity contribution < 1.29 is 14.3 Å². The molecule has 7 nitrogen and oxygen atoms in total. The maximum absolute atomic E-state index is 12.4. The van der Waals surface area contributed by atoms with E-state index in [-0.39, 0.29) is 12.5 Å². The van der Waals surface area contributed by atoms with E-state index < -0.39 is 0 Å². The van der Waals surface area contributed by atoms with Crippen LogP contribution in [0.15, 0.2) is 48.5 Å². The number of nitrogens with one attached hydrogen (secondary N) is 1. The van der Waals surface area contributed by atoms with Crippen LogP contribution in [0.5, 0.6) is 11.5 Å². The topological polar surface area (TPSA) is 70.7 Å². The van der Waals surface area contributed by atoms with Gasteiger partial charge in [0.1, 0.15) is 17.3 Å². The highest BCUT2D eigenvalue weighted by Crippen LogP contribution is 2.17. The number of methoxy groups -OCH3 is 1. The monoisotopic (exact) mass is 380 g/mol. The average molecular weight is 380 g/mol. The second kappa shape index (κ2) is 8.31. The Bertz CT molecular complexity index is 897. The van der Waals surface area contributed by atoms with E-state index in [0.717, 1.165) is 42.2 Å². The Balaban J connectivity index is 1.24. The lowest BCUT2D eigenvalue weighted by atomic mass is 10.3. The Morgan fingerprint density at radius 3 is 2.46 bits per heavy atom. The van der Waals surface area contributed by atoms with Gasteiger partial charge in [0.2, 0.25) is 0 Å². The summed E-state index contributed by atoms with van der Waals surface area (Å²) in [6.45, 7) is 3.86. The number of hydrogen-bond acceptors (Lipinski definition) is 5. The van der Waals surface area contributed by atoms with E-state index in [9.17, 15) is 4.79 Å². The molecule has 1 N–H and O–H groups in total. The fourth-order valence-electron chi connectivity index (χ4n) is 3.36. The molecule has 146 valence electrons. The number of aromatic nitrogens is 2. The predicted molar refractivity (Wildman–Crippen MR) is 106 cm³/mol. The smallest absolute Gasteiger partial charge is 0.260 e. The second-order valence-corrected chi connectivity index (χ2v) is 6.82. The first-order valence-corrected chi connectivity index (χ1v) is 9.42. The Morgan fingerprint density at radius 1 is 1.04 bits per heavy atom. The molecule has 0 unspecified atom stereocenters. The standard InChI is InChI=1S/C21H24N4O3/c1-27-16-6-8-17(9-7-16)28-15-21(26)25-12-10-24(11-13-25)14-20-22-18-4-2-3-5-19(18)23-20/h2-9H,10-15H2,1H3,(H,22,23). The highest BCUT2D eigenvalue weighted by atomic mass is 16.5. The number of aromatic amines is 1. The van der Waals surface area contributed by atoms with Crippen molar-refractivity contribution in [1.82, 2.24) is 19.8 Å². The largest absolute Gasteiger partial charge is 0.497 e. The molecule has 0 radical (unpaired) electrons. The Kier molecular flexibility index (Phi) is 5.43. The number of benzene rings is 2. The van der Waals surface area contributed by atoms with E-state index in [1.54, 1.807) is 19.2 Å².